The molecule has 1 aromatic carbocycles. The molecule has 1 aromatic rings. The fraction of sp³-hybridized carbons (Fsp3) is 0.417. The second kappa shape index (κ2) is 5.34. The topological polar surface area (TPSA) is 38.3 Å². The molecule has 0 fully saturated rings. The molecular weight excluding hydrogens is 270 g/mol. The lowest BCUT2D eigenvalue weighted by atomic mass is 9.84. The van der Waals surface area contributed by atoms with Crippen molar-refractivity contribution in [2.45, 2.75) is 19.3 Å². The third-order valence-corrected chi connectivity index (χ3v) is 2.82. The molecule has 0 aliphatic rings. The zero-order valence-corrected chi connectivity index (χ0v) is 11.3. The highest BCUT2D eigenvalue weighted by Gasteiger charge is 2.20. The summed E-state index contributed by atoms with van der Waals surface area (Å²) in [4.78, 5) is 10.6. The highest BCUT2D eigenvalue weighted by molar-refractivity contribution is 9.18. The van der Waals surface area contributed by atoms with E-state index in [1.807, 2.05) is 24.3 Å². The smallest absolute Gasteiger partial charge is 0.287 e. The minimum absolute atomic E-state index is 0.101. The molecule has 0 aliphatic heterocycles. The summed E-state index contributed by atoms with van der Waals surface area (Å²) in [5.74, 6) is 0.837. The van der Waals surface area contributed by atoms with E-state index >= 15 is 0 Å². The van der Waals surface area contributed by atoms with Crippen molar-refractivity contribution in [3.05, 3.63) is 29.8 Å². The first-order valence-electron chi connectivity index (χ1n) is 5.03. The Morgan fingerprint density at radius 1 is 1.38 bits per heavy atom. The van der Waals surface area contributed by atoms with Crippen LogP contribution in [0.5, 0.6) is 5.75 Å². The Morgan fingerprint density at radius 2 is 1.94 bits per heavy atom. The molecule has 0 unspecified atom stereocenters. The molecular formula is C12H16BrNO2. The van der Waals surface area contributed by atoms with E-state index in [9.17, 15) is 4.79 Å². The Kier molecular flexibility index (Phi) is 4.35. The molecule has 0 bridgehead atoms. The van der Waals surface area contributed by atoms with Crippen LogP contribution in [0.25, 0.3) is 0 Å². The van der Waals surface area contributed by atoms with Crippen LogP contribution in [0, 0.1) is 0 Å². The van der Waals surface area contributed by atoms with Gasteiger partial charge in [-0.2, -0.15) is 0 Å². The van der Waals surface area contributed by atoms with Crippen molar-refractivity contribution in [3.63, 3.8) is 0 Å². The summed E-state index contributed by atoms with van der Waals surface area (Å²) in [6, 6.07) is 7.87. The molecule has 0 saturated carbocycles. The van der Waals surface area contributed by atoms with Crippen LogP contribution in [0.4, 0.5) is 4.79 Å². The first kappa shape index (κ1) is 13.0. The van der Waals surface area contributed by atoms with Crippen LogP contribution in [-0.4, -0.2) is 18.5 Å². The lowest BCUT2D eigenvalue weighted by molar-refractivity contribution is 0.259. The molecule has 0 spiro atoms. The quantitative estimate of drug-likeness (QED) is 0.682. The first-order chi connectivity index (χ1) is 7.45. The van der Waals surface area contributed by atoms with Gasteiger partial charge in [-0.3, -0.25) is 4.79 Å². The Morgan fingerprint density at radius 3 is 2.38 bits per heavy atom. The van der Waals surface area contributed by atoms with Crippen LogP contribution >= 0.6 is 15.9 Å². The van der Waals surface area contributed by atoms with Gasteiger partial charge in [-0.05, 0) is 17.7 Å². The van der Waals surface area contributed by atoms with Gasteiger partial charge in [-0.1, -0.05) is 26.0 Å². The third kappa shape index (κ3) is 3.52. The maximum Gasteiger partial charge on any atom is 0.287 e. The minimum Gasteiger partial charge on any atom is -0.497 e. The summed E-state index contributed by atoms with van der Waals surface area (Å²) >= 11 is 2.85. The van der Waals surface area contributed by atoms with Gasteiger partial charge in [-0.25, -0.2) is 0 Å². The molecule has 1 amide bonds. The number of benzene rings is 1. The maximum atomic E-state index is 10.8. The molecule has 0 atom stereocenters. The second-order valence-corrected chi connectivity index (χ2v) is 4.96. The normalized spacial score (nSPS) is 11.0. The third-order valence-electron chi connectivity index (χ3n) is 2.54. The fourth-order valence-corrected chi connectivity index (χ4v) is 1.57. The van der Waals surface area contributed by atoms with Crippen molar-refractivity contribution in [1.82, 2.24) is 5.32 Å². The van der Waals surface area contributed by atoms with Gasteiger partial charge >= 0.3 is 0 Å². The van der Waals surface area contributed by atoms with Crippen molar-refractivity contribution in [3.8, 4) is 5.75 Å². The molecule has 3 nitrogen and oxygen atoms in total. The predicted molar refractivity (Wildman–Crippen MR) is 68.3 cm³/mol. The van der Waals surface area contributed by atoms with Gasteiger partial charge in [0.05, 0.1) is 7.11 Å². The van der Waals surface area contributed by atoms with Crippen LogP contribution in [0.2, 0.25) is 0 Å². The summed E-state index contributed by atoms with van der Waals surface area (Å²) in [7, 11) is 1.64. The molecule has 1 N–H and O–H groups in total. The van der Waals surface area contributed by atoms with E-state index < -0.39 is 0 Å². The molecule has 0 radical (unpaired) electrons. The Hall–Kier alpha value is -1.03. The van der Waals surface area contributed by atoms with Crippen molar-refractivity contribution in [1.29, 1.82) is 0 Å². The summed E-state index contributed by atoms with van der Waals surface area (Å²) in [6.07, 6.45) is 0. The average molecular weight is 286 g/mol. The first-order valence-corrected chi connectivity index (χ1v) is 5.83. The maximum absolute atomic E-state index is 10.8. The predicted octanol–water partition coefficient (Wildman–Crippen LogP) is 3.08. The molecule has 16 heavy (non-hydrogen) atoms. The van der Waals surface area contributed by atoms with Gasteiger partial charge in [0.2, 0.25) is 0 Å². The van der Waals surface area contributed by atoms with Crippen molar-refractivity contribution >= 4 is 20.7 Å². The van der Waals surface area contributed by atoms with Crippen molar-refractivity contribution in [2.24, 2.45) is 0 Å². The minimum atomic E-state index is -0.186. The standard InChI is InChI=1S/C12H16BrNO2/c1-12(2,8-14-11(13)15)9-4-6-10(16-3)7-5-9/h4-7H,8H2,1-3H3,(H,14,15). The molecule has 1 rings (SSSR count). The Labute approximate surface area is 104 Å². The zero-order chi connectivity index (χ0) is 12.2. The monoisotopic (exact) mass is 285 g/mol. The average Bonchev–Trinajstić information content (AvgIpc) is 2.27. The van der Waals surface area contributed by atoms with Gasteiger partial charge in [0, 0.05) is 27.9 Å². The molecule has 0 aliphatic carbocycles. The van der Waals surface area contributed by atoms with Crippen molar-refractivity contribution < 1.29 is 9.53 Å². The number of carbonyl (C=O) groups excluding carboxylic acids is 1. The van der Waals surface area contributed by atoms with E-state index in [-0.39, 0.29) is 10.2 Å². The van der Waals surface area contributed by atoms with Crippen LogP contribution in [-0.2, 0) is 5.41 Å². The fourth-order valence-electron chi connectivity index (χ4n) is 1.43. The molecule has 0 saturated heterocycles. The van der Waals surface area contributed by atoms with E-state index in [0.29, 0.717) is 6.54 Å². The van der Waals surface area contributed by atoms with Crippen LogP contribution < -0.4 is 10.1 Å². The summed E-state index contributed by atoms with van der Waals surface area (Å²) < 4.78 is 5.10. The van der Waals surface area contributed by atoms with Crippen LogP contribution in [0.1, 0.15) is 19.4 Å². The summed E-state index contributed by atoms with van der Waals surface area (Å²) in [5, 5.41) is 2.76. The van der Waals surface area contributed by atoms with Crippen LogP contribution in [0.15, 0.2) is 24.3 Å². The number of carbonyl (C=O) groups is 1. The molecule has 4 heteroatoms. The number of ether oxygens (including phenoxy) is 1. The SMILES string of the molecule is COc1ccc(C(C)(C)CNC(=O)Br)cc1. The Balaban J connectivity index is 2.76. The largest absolute Gasteiger partial charge is 0.497 e. The van der Waals surface area contributed by atoms with E-state index in [1.165, 1.54) is 0 Å². The number of amides is 1. The lowest BCUT2D eigenvalue weighted by Crippen LogP contribution is -2.33. The van der Waals surface area contributed by atoms with Gasteiger partial charge in [0.25, 0.3) is 4.82 Å². The molecule has 0 heterocycles. The highest BCUT2D eigenvalue weighted by atomic mass is 79.9. The number of rotatable bonds is 4. The number of methoxy groups -OCH3 is 1. The van der Waals surface area contributed by atoms with Gasteiger partial charge in [0.1, 0.15) is 5.75 Å². The molecule has 88 valence electrons. The van der Waals surface area contributed by atoms with E-state index in [4.69, 9.17) is 4.74 Å². The van der Waals surface area contributed by atoms with Gasteiger partial charge in [-0.15, -0.1) is 0 Å². The Bertz CT molecular complexity index is 360. The zero-order valence-electron chi connectivity index (χ0n) is 9.71. The van der Waals surface area contributed by atoms with E-state index in [2.05, 4.69) is 35.1 Å². The number of hydrogen-bond donors (Lipinski definition) is 1. The number of hydrogen-bond acceptors (Lipinski definition) is 2. The molecule has 0 aromatic heterocycles. The van der Waals surface area contributed by atoms with Gasteiger partial charge in [0.15, 0.2) is 0 Å². The second-order valence-electron chi connectivity index (χ2n) is 4.24. The summed E-state index contributed by atoms with van der Waals surface area (Å²) in [6.45, 7) is 4.75. The lowest BCUT2D eigenvalue weighted by Gasteiger charge is -2.25. The summed E-state index contributed by atoms with van der Waals surface area (Å²) in [5.41, 5.74) is 1.06. The number of halogens is 1. The van der Waals surface area contributed by atoms with Crippen molar-refractivity contribution in [2.75, 3.05) is 13.7 Å². The van der Waals surface area contributed by atoms with Gasteiger partial charge < -0.3 is 10.1 Å². The van der Waals surface area contributed by atoms with E-state index in [1.54, 1.807) is 7.11 Å². The highest BCUT2D eigenvalue weighted by Crippen LogP contribution is 2.24. The van der Waals surface area contributed by atoms with Crippen LogP contribution in [0.3, 0.4) is 0 Å². The van der Waals surface area contributed by atoms with E-state index in [0.717, 1.165) is 11.3 Å². The number of nitrogens with one attached hydrogen (secondary N) is 1.